The van der Waals surface area contributed by atoms with E-state index >= 15 is 0 Å². The summed E-state index contributed by atoms with van der Waals surface area (Å²) in [6, 6.07) is 17.3. The monoisotopic (exact) mass is 597 g/mol. The highest BCUT2D eigenvalue weighted by molar-refractivity contribution is 9.10. The molecule has 0 atom stereocenters. The Balaban J connectivity index is 1.48. The zero-order chi connectivity index (χ0) is 27.2. The SMILES string of the molecule is CCOc1cc(/C=C2/NC(=O)N(CC(=O)Nc3ccc(C)cc3)C2=O)c(Br)cc1OCc1ccc(Cl)cc1. The van der Waals surface area contributed by atoms with E-state index in [9.17, 15) is 14.4 Å². The van der Waals surface area contributed by atoms with E-state index in [1.165, 1.54) is 6.08 Å². The maximum Gasteiger partial charge on any atom is 0.329 e. The highest BCUT2D eigenvalue weighted by Gasteiger charge is 2.35. The van der Waals surface area contributed by atoms with Crippen molar-refractivity contribution in [3.8, 4) is 11.5 Å². The number of anilines is 1. The summed E-state index contributed by atoms with van der Waals surface area (Å²) >= 11 is 9.46. The number of halogens is 2. The molecule has 4 amide bonds. The third-order valence-electron chi connectivity index (χ3n) is 5.57. The van der Waals surface area contributed by atoms with Crippen LogP contribution in [0.1, 0.15) is 23.6 Å². The second-order valence-electron chi connectivity index (χ2n) is 8.46. The summed E-state index contributed by atoms with van der Waals surface area (Å²) in [7, 11) is 0. The number of imide groups is 1. The number of rotatable bonds is 9. The molecule has 196 valence electrons. The fourth-order valence-electron chi connectivity index (χ4n) is 3.64. The van der Waals surface area contributed by atoms with Gasteiger partial charge in [-0.25, -0.2) is 9.69 Å². The summed E-state index contributed by atoms with van der Waals surface area (Å²) in [6.45, 7) is 4.07. The van der Waals surface area contributed by atoms with Crippen molar-refractivity contribution >= 4 is 57.1 Å². The summed E-state index contributed by atoms with van der Waals surface area (Å²) in [5.74, 6) is -0.114. The van der Waals surface area contributed by atoms with Crippen LogP contribution in [0.25, 0.3) is 6.08 Å². The fourth-order valence-corrected chi connectivity index (χ4v) is 4.20. The van der Waals surface area contributed by atoms with Crippen LogP contribution in [-0.2, 0) is 16.2 Å². The molecule has 0 aliphatic carbocycles. The van der Waals surface area contributed by atoms with Crippen LogP contribution in [0.2, 0.25) is 5.02 Å². The van der Waals surface area contributed by atoms with Crippen LogP contribution in [0.3, 0.4) is 0 Å². The van der Waals surface area contributed by atoms with Crippen LogP contribution in [0.4, 0.5) is 10.5 Å². The van der Waals surface area contributed by atoms with E-state index in [4.69, 9.17) is 21.1 Å². The lowest BCUT2D eigenvalue weighted by atomic mass is 10.1. The van der Waals surface area contributed by atoms with Gasteiger partial charge < -0.3 is 20.1 Å². The Morgan fingerprint density at radius 1 is 1.05 bits per heavy atom. The Hall–Kier alpha value is -3.82. The predicted molar refractivity (Wildman–Crippen MR) is 149 cm³/mol. The second-order valence-corrected chi connectivity index (χ2v) is 9.75. The van der Waals surface area contributed by atoms with Gasteiger partial charge in [0.05, 0.1) is 6.61 Å². The molecule has 38 heavy (non-hydrogen) atoms. The van der Waals surface area contributed by atoms with Crippen LogP contribution in [0.5, 0.6) is 11.5 Å². The minimum atomic E-state index is -0.677. The number of amides is 4. The first kappa shape index (κ1) is 27.2. The zero-order valence-corrected chi connectivity index (χ0v) is 23.1. The molecule has 3 aromatic carbocycles. The molecule has 4 rings (SSSR count). The van der Waals surface area contributed by atoms with Gasteiger partial charge in [-0.2, -0.15) is 0 Å². The molecule has 1 aliphatic heterocycles. The van der Waals surface area contributed by atoms with Gasteiger partial charge in [-0.05, 0) is 67.4 Å². The van der Waals surface area contributed by atoms with Gasteiger partial charge >= 0.3 is 6.03 Å². The van der Waals surface area contributed by atoms with Crippen molar-refractivity contribution in [3.63, 3.8) is 0 Å². The maximum atomic E-state index is 12.9. The van der Waals surface area contributed by atoms with E-state index in [-0.39, 0.29) is 5.70 Å². The molecule has 1 saturated heterocycles. The van der Waals surface area contributed by atoms with E-state index in [0.717, 1.165) is 16.0 Å². The van der Waals surface area contributed by atoms with Gasteiger partial charge in [0, 0.05) is 15.2 Å². The van der Waals surface area contributed by atoms with Crippen molar-refractivity contribution in [1.29, 1.82) is 0 Å². The maximum absolute atomic E-state index is 12.9. The van der Waals surface area contributed by atoms with E-state index in [2.05, 4.69) is 26.6 Å². The average Bonchev–Trinajstić information content (AvgIpc) is 3.14. The normalized spacial score (nSPS) is 14.0. The molecule has 2 N–H and O–H groups in total. The van der Waals surface area contributed by atoms with E-state index in [1.54, 1.807) is 36.4 Å². The third-order valence-corrected chi connectivity index (χ3v) is 6.51. The van der Waals surface area contributed by atoms with Crippen molar-refractivity contribution in [3.05, 3.63) is 92.5 Å². The van der Waals surface area contributed by atoms with Gasteiger partial charge in [-0.1, -0.05) is 57.4 Å². The standard InChI is InChI=1S/C28H25BrClN3O5/c1-3-37-24-13-19(22(29)14-25(24)38-16-18-6-8-20(30)9-7-18)12-23-27(35)33(28(36)32-23)15-26(34)31-21-10-4-17(2)5-11-21/h4-14H,3,15-16H2,1-2H3,(H,31,34)(H,32,36)/b23-12+. The van der Waals surface area contributed by atoms with Crippen LogP contribution >= 0.6 is 27.5 Å². The first-order chi connectivity index (χ1) is 18.2. The largest absolute Gasteiger partial charge is 0.490 e. The molecule has 10 heteroatoms. The predicted octanol–water partition coefficient (Wildman–Crippen LogP) is 5.92. The van der Waals surface area contributed by atoms with Gasteiger partial charge in [0.2, 0.25) is 5.91 Å². The molecule has 0 unspecified atom stereocenters. The smallest absolute Gasteiger partial charge is 0.329 e. The van der Waals surface area contributed by atoms with E-state index in [1.807, 2.05) is 38.1 Å². The fraction of sp³-hybridized carbons (Fsp3) is 0.179. The highest BCUT2D eigenvalue weighted by atomic mass is 79.9. The number of urea groups is 1. The minimum Gasteiger partial charge on any atom is -0.490 e. The summed E-state index contributed by atoms with van der Waals surface area (Å²) < 4.78 is 12.3. The first-order valence-corrected chi connectivity index (χ1v) is 12.9. The van der Waals surface area contributed by atoms with Gasteiger partial charge in [-0.3, -0.25) is 9.59 Å². The molecule has 3 aromatic rings. The molecule has 1 fully saturated rings. The van der Waals surface area contributed by atoms with Crippen LogP contribution < -0.4 is 20.1 Å². The molecule has 0 saturated carbocycles. The summed E-state index contributed by atoms with van der Waals surface area (Å²) in [5, 5.41) is 5.87. The van der Waals surface area contributed by atoms with Gasteiger partial charge in [-0.15, -0.1) is 0 Å². The first-order valence-electron chi connectivity index (χ1n) is 11.8. The molecule has 0 aromatic heterocycles. The van der Waals surface area contributed by atoms with Crippen molar-refractivity contribution < 1.29 is 23.9 Å². The number of aryl methyl sites for hydroxylation is 1. The van der Waals surface area contributed by atoms with Crippen molar-refractivity contribution in [2.75, 3.05) is 18.5 Å². The van der Waals surface area contributed by atoms with Gasteiger partial charge in [0.1, 0.15) is 18.8 Å². The number of carbonyl (C=O) groups is 3. The Kier molecular flexibility index (Phi) is 8.70. The van der Waals surface area contributed by atoms with Crippen molar-refractivity contribution in [1.82, 2.24) is 10.2 Å². The van der Waals surface area contributed by atoms with Crippen molar-refractivity contribution in [2.45, 2.75) is 20.5 Å². The molecule has 1 aliphatic rings. The minimum absolute atomic E-state index is 0.0381. The molecular weight excluding hydrogens is 574 g/mol. The lowest BCUT2D eigenvalue weighted by molar-refractivity contribution is -0.127. The average molecular weight is 599 g/mol. The lowest BCUT2D eigenvalue weighted by Crippen LogP contribution is -2.38. The van der Waals surface area contributed by atoms with Gasteiger partial charge in [0.25, 0.3) is 5.91 Å². The molecule has 1 heterocycles. The lowest BCUT2D eigenvalue weighted by Gasteiger charge is -2.14. The summed E-state index contributed by atoms with van der Waals surface area (Å²) in [5.41, 5.74) is 3.18. The summed E-state index contributed by atoms with van der Waals surface area (Å²) in [6.07, 6.45) is 1.52. The number of ether oxygens (including phenoxy) is 2. The third kappa shape index (κ3) is 6.73. The quantitative estimate of drug-likeness (QED) is 0.235. The van der Waals surface area contributed by atoms with Crippen molar-refractivity contribution in [2.24, 2.45) is 0 Å². The van der Waals surface area contributed by atoms with E-state index in [0.29, 0.717) is 45.5 Å². The molecule has 0 bridgehead atoms. The van der Waals surface area contributed by atoms with Crippen LogP contribution in [0.15, 0.2) is 70.8 Å². The second kappa shape index (κ2) is 12.1. The summed E-state index contributed by atoms with van der Waals surface area (Å²) in [4.78, 5) is 38.7. The van der Waals surface area contributed by atoms with Crippen LogP contribution in [-0.4, -0.2) is 35.9 Å². The number of nitrogens with one attached hydrogen (secondary N) is 2. The number of benzene rings is 3. The molecule has 0 radical (unpaired) electrons. The number of nitrogens with zero attached hydrogens (tertiary/aromatic N) is 1. The molecule has 0 spiro atoms. The number of hydrogen-bond acceptors (Lipinski definition) is 5. The Labute approximate surface area is 233 Å². The number of carbonyl (C=O) groups excluding carboxylic acids is 3. The molecular formula is C28H25BrClN3O5. The zero-order valence-electron chi connectivity index (χ0n) is 20.7. The van der Waals surface area contributed by atoms with Crippen LogP contribution in [0, 0.1) is 6.92 Å². The number of hydrogen-bond donors (Lipinski definition) is 2. The Morgan fingerprint density at radius 3 is 2.42 bits per heavy atom. The Morgan fingerprint density at radius 2 is 1.74 bits per heavy atom. The Bertz CT molecular complexity index is 1390. The highest BCUT2D eigenvalue weighted by Crippen LogP contribution is 2.35. The molecule has 8 nitrogen and oxygen atoms in total. The van der Waals surface area contributed by atoms with E-state index < -0.39 is 24.4 Å². The topological polar surface area (TPSA) is 97.0 Å². The van der Waals surface area contributed by atoms with Gasteiger partial charge in [0.15, 0.2) is 11.5 Å².